The number of aliphatic hydroxyl groups excluding tert-OH is 3. The van der Waals surface area contributed by atoms with Gasteiger partial charge in [0, 0.05) is 11.3 Å². The van der Waals surface area contributed by atoms with Gasteiger partial charge in [-0.25, -0.2) is 0 Å². The van der Waals surface area contributed by atoms with Gasteiger partial charge in [-0.3, -0.25) is 9.59 Å². The standard InChI is InChI=1S/C25H36O6/c1-4-5-21(30)31-20-11-17-16-7-6-14-10-15(27)8-9-24(14,2)22(16)18(28)12-25(17,3)23(20)19(29)13-26/h8-10,16-18,20-23,26,28,30H,4-7,11-13H2,1-3H3/t16-,17-,18-,20-,21-,22+,23-,24-,25-/m0/s1. The zero-order chi connectivity index (χ0) is 22.6. The van der Waals surface area contributed by atoms with E-state index < -0.39 is 36.4 Å². The molecule has 0 spiro atoms. The SMILES string of the molecule is CCC[C@@H](O)O[C@H]1C[C@H]2[C@@H]3CCC4=CC(=O)C=C[C@]4(C)[C@H]3[C@@H](O)C[C@]2(C)[C@H]1C(=O)CO. The summed E-state index contributed by atoms with van der Waals surface area (Å²) in [5.41, 5.74) is 0.230. The first-order chi connectivity index (χ1) is 14.7. The summed E-state index contributed by atoms with van der Waals surface area (Å²) in [5, 5.41) is 31.4. The number of fused-ring (bicyclic) bond motifs is 5. The summed E-state index contributed by atoms with van der Waals surface area (Å²) in [7, 11) is 0. The van der Waals surface area contributed by atoms with Crippen molar-refractivity contribution in [2.24, 2.45) is 34.5 Å². The van der Waals surface area contributed by atoms with Gasteiger partial charge >= 0.3 is 0 Å². The smallest absolute Gasteiger partial charge is 0.178 e. The average molecular weight is 433 g/mol. The van der Waals surface area contributed by atoms with E-state index in [-0.39, 0.29) is 34.7 Å². The van der Waals surface area contributed by atoms with Crippen LogP contribution in [0, 0.1) is 34.5 Å². The number of carbonyl (C=O) groups is 2. The first-order valence-corrected chi connectivity index (χ1v) is 11.7. The van der Waals surface area contributed by atoms with E-state index in [1.54, 1.807) is 12.2 Å². The molecule has 0 aliphatic heterocycles. The number of hydrogen-bond donors (Lipinski definition) is 3. The number of ether oxygens (including phenoxy) is 1. The van der Waals surface area contributed by atoms with Gasteiger partial charge in [-0.05, 0) is 61.5 Å². The number of allylic oxidation sites excluding steroid dienone is 4. The van der Waals surface area contributed by atoms with Gasteiger partial charge in [0.2, 0.25) is 0 Å². The summed E-state index contributed by atoms with van der Waals surface area (Å²) in [6, 6.07) is 0. The maximum atomic E-state index is 12.9. The van der Waals surface area contributed by atoms with E-state index >= 15 is 0 Å². The summed E-state index contributed by atoms with van der Waals surface area (Å²) in [5.74, 6) is -0.509. The Morgan fingerprint density at radius 1 is 1.35 bits per heavy atom. The fraction of sp³-hybridized carbons (Fsp3) is 0.760. The Labute approximate surface area is 184 Å². The van der Waals surface area contributed by atoms with Crippen LogP contribution in [0.15, 0.2) is 23.8 Å². The molecule has 4 rings (SSSR count). The van der Waals surface area contributed by atoms with E-state index in [0.717, 1.165) is 24.8 Å². The molecule has 0 saturated heterocycles. The van der Waals surface area contributed by atoms with Crippen LogP contribution in [0.1, 0.15) is 59.3 Å². The maximum Gasteiger partial charge on any atom is 0.178 e. The highest BCUT2D eigenvalue weighted by Gasteiger charge is 2.65. The van der Waals surface area contributed by atoms with E-state index in [0.29, 0.717) is 19.3 Å². The maximum absolute atomic E-state index is 12.9. The third-order valence-corrected chi connectivity index (χ3v) is 8.87. The van der Waals surface area contributed by atoms with Crippen molar-refractivity contribution in [1.82, 2.24) is 0 Å². The monoisotopic (exact) mass is 432 g/mol. The van der Waals surface area contributed by atoms with Crippen molar-refractivity contribution in [3.63, 3.8) is 0 Å². The molecular weight excluding hydrogens is 396 g/mol. The van der Waals surface area contributed by atoms with Gasteiger partial charge in [-0.2, -0.15) is 0 Å². The van der Waals surface area contributed by atoms with Crippen molar-refractivity contribution in [2.45, 2.75) is 77.8 Å². The van der Waals surface area contributed by atoms with Crippen LogP contribution < -0.4 is 0 Å². The van der Waals surface area contributed by atoms with E-state index in [2.05, 4.69) is 13.8 Å². The second-order valence-electron chi connectivity index (χ2n) is 10.6. The molecule has 6 nitrogen and oxygen atoms in total. The first-order valence-electron chi connectivity index (χ1n) is 11.7. The first kappa shape index (κ1) is 22.8. The molecule has 0 amide bonds. The molecule has 0 radical (unpaired) electrons. The molecule has 3 fully saturated rings. The number of ketones is 2. The highest BCUT2D eigenvalue weighted by atomic mass is 16.6. The normalized spacial score (nSPS) is 44.8. The minimum absolute atomic E-state index is 0.00825. The highest BCUT2D eigenvalue weighted by molar-refractivity contribution is 6.01. The Morgan fingerprint density at radius 3 is 2.77 bits per heavy atom. The highest BCUT2D eigenvalue weighted by Crippen LogP contribution is 2.66. The zero-order valence-electron chi connectivity index (χ0n) is 18.8. The minimum atomic E-state index is -0.931. The fourth-order valence-electron chi connectivity index (χ4n) is 7.64. The van der Waals surface area contributed by atoms with Gasteiger partial charge in [-0.15, -0.1) is 0 Å². The predicted octanol–water partition coefficient (Wildman–Crippen LogP) is 2.56. The van der Waals surface area contributed by atoms with Crippen LogP contribution in [-0.4, -0.2) is 52.0 Å². The summed E-state index contributed by atoms with van der Waals surface area (Å²) in [4.78, 5) is 24.8. The van der Waals surface area contributed by atoms with E-state index in [4.69, 9.17) is 4.74 Å². The molecule has 4 aliphatic rings. The zero-order valence-corrected chi connectivity index (χ0v) is 18.8. The minimum Gasteiger partial charge on any atom is -0.393 e. The average Bonchev–Trinajstić information content (AvgIpc) is 2.99. The second kappa shape index (κ2) is 8.22. The second-order valence-corrected chi connectivity index (χ2v) is 10.6. The Balaban J connectivity index is 1.69. The van der Waals surface area contributed by atoms with Gasteiger partial charge in [0.15, 0.2) is 17.9 Å². The Morgan fingerprint density at radius 2 is 2.10 bits per heavy atom. The van der Waals surface area contributed by atoms with Gasteiger partial charge in [0.1, 0.15) is 6.61 Å². The third-order valence-electron chi connectivity index (χ3n) is 8.87. The lowest BCUT2D eigenvalue weighted by atomic mass is 9.46. The predicted molar refractivity (Wildman–Crippen MR) is 115 cm³/mol. The summed E-state index contributed by atoms with van der Waals surface area (Å²) in [6.07, 6.45) is 7.32. The van der Waals surface area contributed by atoms with Crippen molar-refractivity contribution in [3.8, 4) is 0 Å². The molecule has 172 valence electrons. The third kappa shape index (κ3) is 3.56. The molecule has 31 heavy (non-hydrogen) atoms. The molecule has 3 N–H and O–H groups in total. The Hall–Kier alpha value is -1.34. The van der Waals surface area contributed by atoms with Crippen LogP contribution in [-0.2, 0) is 14.3 Å². The molecule has 0 heterocycles. The van der Waals surface area contributed by atoms with E-state index in [9.17, 15) is 24.9 Å². The van der Waals surface area contributed by atoms with E-state index in [1.165, 1.54) is 0 Å². The van der Waals surface area contributed by atoms with Crippen LogP contribution in [0.4, 0.5) is 0 Å². The van der Waals surface area contributed by atoms with Crippen molar-refractivity contribution in [3.05, 3.63) is 23.8 Å². The molecule has 0 aromatic carbocycles. The molecule has 0 unspecified atom stereocenters. The number of aliphatic hydroxyl groups is 3. The lowest BCUT2D eigenvalue weighted by Crippen LogP contribution is -2.56. The topological polar surface area (TPSA) is 104 Å². The molecule has 6 heteroatoms. The molecule has 0 aromatic rings. The molecule has 9 atom stereocenters. The Bertz CT molecular complexity index is 802. The van der Waals surface area contributed by atoms with Crippen molar-refractivity contribution < 1.29 is 29.6 Å². The molecule has 4 aliphatic carbocycles. The van der Waals surface area contributed by atoms with Gasteiger partial charge in [-0.1, -0.05) is 38.8 Å². The molecule has 0 bridgehead atoms. The largest absolute Gasteiger partial charge is 0.393 e. The number of carbonyl (C=O) groups excluding carboxylic acids is 2. The number of rotatable bonds is 6. The van der Waals surface area contributed by atoms with E-state index in [1.807, 2.05) is 13.0 Å². The van der Waals surface area contributed by atoms with Crippen LogP contribution in [0.3, 0.4) is 0 Å². The van der Waals surface area contributed by atoms with Crippen LogP contribution in [0.5, 0.6) is 0 Å². The van der Waals surface area contributed by atoms with Crippen molar-refractivity contribution >= 4 is 11.6 Å². The fourth-order valence-corrected chi connectivity index (χ4v) is 7.64. The lowest BCUT2D eigenvalue weighted by Gasteiger charge is -2.58. The Kier molecular flexibility index (Phi) is 6.05. The summed E-state index contributed by atoms with van der Waals surface area (Å²) < 4.78 is 5.98. The van der Waals surface area contributed by atoms with Gasteiger partial charge < -0.3 is 20.1 Å². The molecular formula is C25H36O6. The number of hydrogen-bond acceptors (Lipinski definition) is 6. The van der Waals surface area contributed by atoms with Crippen LogP contribution in [0.2, 0.25) is 0 Å². The number of Topliss-reactive ketones (excluding diaryl/α,β-unsaturated/α-hetero) is 1. The van der Waals surface area contributed by atoms with Gasteiger partial charge in [0.05, 0.1) is 18.1 Å². The molecule has 0 aromatic heterocycles. The summed E-state index contributed by atoms with van der Waals surface area (Å²) >= 11 is 0. The van der Waals surface area contributed by atoms with Crippen molar-refractivity contribution in [1.29, 1.82) is 0 Å². The van der Waals surface area contributed by atoms with Gasteiger partial charge in [0.25, 0.3) is 0 Å². The van der Waals surface area contributed by atoms with Crippen molar-refractivity contribution in [2.75, 3.05) is 6.61 Å². The molecule has 3 saturated carbocycles. The summed E-state index contributed by atoms with van der Waals surface area (Å²) in [6.45, 7) is 5.58. The quantitative estimate of drug-likeness (QED) is 0.557. The lowest BCUT2D eigenvalue weighted by molar-refractivity contribution is -0.166. The van der Waals surface area contributed by atoms with Crippen LogP contribution in [0.25, 0.3) is 0 Å². The van der Waals surface area contributed by atoms with Crippen LogP contribution >= 0.6 is 0 Å².